The number of rotatable bonds is 7. The van der Waals surface area contributed by atoms with E-state index >= 15 is 0 Å². The fraction of sp³-hybridized carbons (Fsp3) is 0.400. The smallest absolute Gasteiger partial charge is 0.174 e. The molecule has 5 N–H and O–H groups in total. The Morgan fingerprint density at radius 2 is 1.84 bits per heavy atom. The van der Waals surface area contributed by atoms with Gasteiger partial charge in [-0.2, -0.15) is 0 Å². The number of benzene rings is 2. The van der Waals surface area contributed by atoms with Crippen molar-refractivity contribution in [1.29, 1.82) is 0 Å². The van der Waals surface area contributed by atoms with Crippen LogP contribution in [-0.2, 0) is 6.42 Å². The number of aliphatic hydroxyl groups is 1. The first-order valence-corrected chi connectivity index (χ1v) is 10.5. The van der Waals surface area contributed by atoms with Gasteiger partial charge < -0.3 is 30.3 Å². The third-order valence-corrected chi connectivity index (χ3v) is 5.86. The third kappa shape index (κ3) is 4.99. The van der Waals surface area contributed by atoms with Crippen molar-refractivity contribution in [1.82, 2.24) is 0 Å². The zero-order valence-electron chi connectivity index (χ0n) is 18.6. The molecule has 7 nitrogen and oxygen atoms in total. The quantitative estimate of drug-likeness (QED) is 0.399. The number of phenols is 4. The van der Waals surface area contributed by atoms with Gasteiger partial charge in [-0.1, -0.05) is 12.2 Å². The lowest BCUT2D eigenvalue weighted by Gasteiger charge is -2.30. The maximum absolute atomic E-state index is 12.9. The van der Waals surface area contributed by atoms with Crippen LogP contribution in [-0.4, -0.2) is 36.9 Å². The van der Waals surface area contributed by atoms with E-state index in [2.05, 4.69) is 6.58 Å². The van der Waals surface area contributed by atoms with Gasteiger partial charge in [-0.3, -0.25) is 4.79 Å². The Morgan fingerprint density at radius 3 is 2.44 bits per heavy atom. The van der Waals surface area contributed by atoms with Crippen molar-refractivity contribution in [3.8, 4) is 28.7 Å². The van der Waals surface area contributed by atoms with Crippen molar-refractivity contribution in [2.24, 2.45) is 5.92 Å². The Labute approximate surface area is 187 Å². The fourth-order valence-electron chi connectivity index (χ4n) is 4.00. The van der Waals surface area contributed by atoms with Gasteiger partial charge in [-0.15, -0.1) is 0 Å². The molecule has 1 aliphatic heterocycles. The van der Waals surface area contributed by atoms with Crippen LogP contribution in [0.15, 0.2) is 36.4 Å². The molecule has 2 aromatic carbocycles. The SMILES string of the molecule is C=C(C)[C@H](CCC(C)(C)O)Cc1c(O)cc(O)c2c1O[C@H](c1ccc(O)cc1O)CC2=O. The van der Waals surface area contributed by atoms with Gasteiger partial charge in [-0.05, 0) is 58.1 Å². The number of hydrogen-bond donors (Lipinski definition) is 5. The number of ketones is 1. The number of aromatic hydroxyl groups is 4. The van der Waals surface area contributed by atoms with E-state index in [9.17, 15) is 30.3 Å². The van der Waals surface area contributed by atoms with Gasteiger partial charge in [0.05, 0.1) is 12.0 Å². The summed E-state index contributed by atoms with van der Waals surface area (Å²) in [7, 11) is 0. The molecule has 3 rings (SSSR count). The first-order valence-electron chi connectivity index (χ1n) is 10.5. The molecule has 0 fully saturated rings. The van der Waals surface area contributed by atoms with E-state index in [1.165, 1.54) is 12.1 Å². The highest BCUT2D eigenvalue weighted by atomic mass is 16.5. The Morgan fingerprint density at radius 1 is 1.16 bits per heavy atom. The molecular weight excluding hydrogens is 412 g/mol. The minimum atomic E-state index is -0.863. The minimum absolute atomic E-state index is 0.00438. The van der Waals surface area contributed by atoms with Crippen LogP contribution in [0.25, 0.3) is 0 Å². The molecule has 0 bridgehead atoms. The van der Waals surface area contributed by atoms with E-state index in [0.29, 0.717) is 30.4 Å². The molecule has 7 heteroatoms. The number of hydrogen-bond acceptors (Lipinski definition) is 7. The highest BCUT2D eigenvalue weighted by Gasteiger charge is 2.35. The molecule has 0 amide bonds. The summed E-state index contributed by atoms with van der Waals surface area (Å²) in [6, 6.07) is 5.15. The van der Waals surface area contributed by atoms with Crippen molar-refractivity contribution < 1.29 is 35.1 Å². The normalized spacial score (nSPS) is 16.9. The Hall–Kier alpha value is -3.19. The molecule has 0 radical (unpaired) electrons. The van der Waals surface area contributed by atoms with E-state index in [1.807, 2.05) is 6.92 Å². The summed E-state index contributed by atoms with van der Waals surface area (Å²) in [5.74, 6) is -1.34. The number of carbonyl (C=O) groups excluding carboxylic acids is 1. The zero-order chi connectivity index (χ0) is 23.8. The van der Waals surface area contributed by atoms with Gasteiger partial charge in [0, 0.05) is 23.3 Å². The molecule has 2 atom stereocenters. The molecule has 1 aliphatic rings. The van der Waals surface area contributed by atoms with Crippen LogP contribution in [0.2, 0.25) is 0 Å². The van der Waals surface area contributed by atoms with Gasteiger partial charge in [0.2, 0.25) is 0 Å². The van der Waals surface area contributed by atoms with Crippen molar-refractivity contribution in [3.63, 3.8) is 0 Å². The molecule has 2 aromatic rings. The lowest BCUT2D eigenvalue weighted by molar-refractivity contribution is 0.0650. The molecule has 0 spiro atoms. The molecule has 0 saturated heterocycles. The van der Waals surface area contributed by atoms with Crippen molar-refractivity contribution in [2.75, 3.05) is 0 Å². The Bertz CT molecular complexity index is 1050. The largest absolute Gasteiger partial charge is 0.508 e. The number of Topliss-reactive ketones (excluding diaryl/α,β-unsaturated/α-hetero) is 1. The average Bonchev–Trinajstić information content (AvgIpc) is 2.65. The predicted octanol–water partition coefficient (Wildman–Crippen LogP) is 4.50. The van der Waals surface area contributed by atoms with Crippen LogP contribution < -0.4 is 4.74 Å². The highest BCUT2D eigenvalue weighted by molar-refractivity contribution is 6.03. The summed E-state index contributed by atoms with van der Waals surface area (Å²) in [6.07, 6.45) is 0.433. The first-order chi connectivity index (χ1) is 14.9. The molecule has 0 aliphatic carbocycles. The second-order valence-electron chi connectivity index (χ2n) is 9.17. The maximum Gasteiger partial charge on any atom is 0.174 e. The number of allylic oxidation sites excluding steroid dienone is 1. The van der Waals surface area contributed by atoms with E-state index in [0.717, 1.165) is 17.7 Å². The topological polar surface area (TPSA) is 127 Å². The first kappa shape index (κ1) is 23.5. The lowest BCUT2D eigenvalue weighted by atomic mass is 9.84. The van der Waals surface area contributed by atoms with Crippen LogP contribution in [0.4, 0.5) is 0 Å². The molecule has 32 heavy (non-hydrogen) atoms. The van der Waals surface area contributed by atoms with Crippen molar-refractivity contribution >= 4 is 5.78 Å². The number of phenolic OH excluding ortho intramolecular Hbond substituents is 4. The third-order valence-electron chi connectivity index (χ3n) is 5.86. The van der Waals surface area contributed by atoms with E-state index in [4.69, 9.17) is 4.74 Å². The van der Waals surface area contributed by atoms with Crippen molar-refractivity contribution in [3.05, 3.63) is 53.1 Å². The van der Waals surface area contributed by atoms with E-state index < -0.39 is 11.7 Å². The second kappa shape index (κ2) is 8.74. The number of carbonyl (C=O) groups is 1. The van der Waals surface area contributed by atoms with Gasteiger partial charge in [0.1, 0.15) is 40.4 Å². The molecule has 0 saturated carbocycles. The Kier molecular flexibility index (Phi) is 6.41. The monoisotopic (exact) mass is 442 g/mol. The van der Waals surface area contributed by atoms with Crippen LogP contribution in [0, 0.1) is 5.92 Å². The van der Waals surface area contributed by atoms with Crippen molar-refractivity contribution in [2.45, 2.75) is 58.2 Å². The summed E-state index contributed by atoms with van der Waals surface area (Å²) in [5.41, 5.74) is 0.658. The molecule has 0 unspecified atom stereocenters. The molecule has 0 aromatic heterocycles. The zero-order valence-corrected chi connectivity index (χ0v) is 18.6. The van der Waals surface area contributed by atoms with Crippen LogP contribution in [0.1, 0.15) is 67.6 Å². The van der Waals surface area contributed by atoms with Gasteiger partial charge >= 0.3 is 0 Å². The van der Waals surface area contributed by atoms with Gasteiger partial charge in [0.15, 0.2) is 5.78 Å². The van der Waals surface area contributed by atoms with E-state index in [1.54, 1.807) is 13.8 Å². The minimum Gasteiger partial charge on any atom is -0.508 e. The molecule has 1 heterocycles. The second-order valence-corrected chi connectivity index (χ2v) is 9.17. The van der Waals surface area contributed by atoms with Crippen LogP contribution in [0.5, 0.6) is 28.7 Å². The van der Waals surface area contributed by atoms with Crippen LogP contribution in [0.3, 0.4) is 0 Å². The fourth-order valence-corrected chi connectivity index (χ4v) is 4.00. The summed E-state index contributed by atoms with van der Waals surface area (Å²) in [5, 5.41) is 50.9. The summed E-state index contributed by atoms with van der Waals surface area (Å²) in [6.45, 7) is 9.34. The molecule has 172 valence electrons. The number of ether oxygens (including phenoxy) is 1. The highest BCUT2D eigenvalue weighted by Crippen LogP contribution is 2.47. The van der Waals surface area contributed by atoms with Crippen LogP contribution >= 0.6 is 0 Å². The Balaban J connectivity index is 2.02. The van der Waals surface area contributed by atoms with Gasteiger partial charge in [-0.25, -0.2) is 0 Å². The standard InChI is InChI=1S/C25H30O7/c1-13(2)14(7-8-25(3,4)31)9-17-19(28)11-20(29)23-21(30)12-22(32-24(17)23)16-6-5-15(26)10-18(16)27/h5-6,10-11,14,22,26-29,31H,1,7-9,12H2,2-4H3/t14-,22+/m1/s1. The summed E-state index contributed by atoms with van der Waals surface area (Å²) >= 11 is 0. The summed E-state index contributed by atoms with van der Waals surface area (Å²) in [4.78, 5) is 12.9. The summed E-state index contributed by atoms with van der Waals surface area (Å²) < 4.78 is 6.07. The number of fused-ring (bicyclic) bond motifs is 1. The maximum atomic E-state index is 12.9. The molecular formula is C25H30O7. The predicted molar refractivity (Wildman–Crippen MR) is 119 cm³/mol. The lowest BCUT2D eigenvalue weighted by Crippen LogP contribution is -2.23. The van der Waals surface area contributed by atoms with Gasteiger partial charge in [0.25, 0.3) is 0 Å². The van der Waals surface area contributed by atoms with E-state index in [-0.39, 0.29) is 52.4 Å². The average molecular weight is 443 g/mol.